The number of benzene rings is 2. The van der Waals surface area contributed by atoms with Gasteiger partial charge in [0.2, 0.25) is 35.4 Å². The van der Waals surface area contributed by atoms with Crippen LogP contribution in [0.2, 0.25) is 0 Å². The standard InChI is InChI=1S/C16H22N4O5.C16H20N4O4.C6H14O3/c1-10-2-4-11(5-3-10)6-12(17)16(25)20-8-14(22)18-7-13(21)19-9-15(23)24;1-10-2-4-11(5-3-10)6-12-16(24)19-8-14(22)17-7-13(21)18-9-15(23)20-12;1-7-3-5-9-6-4-8-2/h2-5,12H,6-9,17H2,1H3,(H,18,22)(H,19,21)(H,20,25)(H,23,24);2-5,12H,6-9H2,1H3,(H,17,22)(H,18,21)(H,19,24)(H,20,23);3-6H2,1-2H3/p+1. The highest BCUT2D eigenvalue weighted by molar-refractivity contribution is 5.94. The van der Waals surface area contributed by atoms with Crippen molar-refractivity contribution in [1.82, 2.24) is 37.2 Å². The molecule has 7 amide bonds. The Labute approximate surface area is 337 Å². The molecule has 11 N–H and O–H groups in total. The molecule has 0 spiro atoms. The highest BCUT2D eigenvalue weighted by atomic mass is 16.5. The third-order valence-electron chi connectivity index (χ3n) is 7.67. The Morgan fingerprint density at radius 1 is 0.690 bits per heavy atom. The Bertz CT molecular complexity index is 1620. The summed E-state index contributed by atoms with van der Waals surface area (Å²) in [4.78, 5) is 92.2. The minimum atomic E-state index is -1.18. The van der Waals surface area contributed by atoms with Crippen LogP contribution in [0.4, 0.5) is 0 Å². The van der Waals surface area contributed by atoms with Crippen LogP contribution in [0.25, 0.3) is 0 Å². The number of carboxylic acid groups (broad SMARTS) is 1. The molecular weight excluding hydrogens is 760 g/mol. The predicted octanol–water partition coefficient (Wildman–Crippen LogP) is -3.74. The van der Waals surface area contributed by atoms with E-state index in [1.54, 1.807) is 14.2 Å². The number of ether oxygens (including phenoxy) is 3. The molecule has 58 heavy (non-hydrogen) atoms. The van der Waals surface area contributed by atoms with Gasteiger partial charge in [0.1, 0.15) is 12.6 Å². The van der Waals surface area contributed by atoms with Gasteiger partial charge in [0, 0.05) is 27.1 Å². The first-order chi connectivity index (χ1) is 27.6. The SMILES string of the molecule is COCCOCCOC.Cc1ccc(CC([NH3+])C(=O)NCC(=O)NCC(=O)NCC(=O)O)cc1.Cc1ccc(CC2NC(=O)CNC(=O)CNC(=O)CNC2=O)cc1. The molecule has 2 atom stereocenters. The Balaban J connectivity index is 0.000000480. The average molecular weight is 818 g/mol. The van der Waals surface area contributed by atoms with Crippen LogP contribution < -0.4 is 43.0 Å². The summed E-state index contributed by atoms with van der Waals surface area (Å²) >= 11 is 0. The molecule has 2 aromatic rings. The van der Waals surface area contributed by atoms with Crippen LogP contribution >= 0.6 is 0 Å². The first kappa shape index (κ1) is 50.1. The summed E-state index contributed by atoms with van der Waals surface area (Å²) < 4.78 is 14.6. The molecule has 2 aromatic carbocycles. The molecule has 1 heterocycles. The molecule has 320 valence electrons. The van der Waals surface area contributed by atoms with Crippen molar-refractivity contribution in [2.45, 2.75) is 38.8 Å². The van der Waals surface area contributed by atoms with E-state index in [1.165, 1.54) is 0 Å². The minimum absolute atomic E-state index is 0.241. The van der Waals surface area contributed by atoms with Crippen LogP contribution in [0.3, 0.4) is 0 Å². The molecule has 0 radical (unpaired) electrons. The van der Waals surface area contributed by atoms with Crippen LogP contribution in [0.15, 0.2) is 48.5 Å². The smallest absolute Gasteiger partial charge is 0.322 e. The Morgan fingerprint density at radius 2 is 1.16 bits per heavy atom. The van der Waals surface area contributed by atoms with Gasteiger partial charge in [0.25, 0.3) is 5.91 Å². The largest absolute Gasteiger partial charge is 0.480 e. The second kappa shape index (κ2) is 29.3. The summed E-state index contributed by atoms with van der Waals surface area (Å²) in [5.41, 5.74) is 7.85. The Hall–Kier alpha value is -5.96. The third kappa shape index (κ3) is 24.5. The highest BCUT2D eigenvalue weighted by Crippen LogP contribution is 2.07. The van der Waals surface area contributed by atoms with E-state index < -0.39 is 60.0 Å². The van der Waals surface area contributed by atoms with Crippen molar-refractivity contribution in [2.75, 3.05) is 79.9 Å². The van der Waals surface area contributed by atoms with Gasteiger partial charge in [-0.3, -0.25) is 38.4 Å². The fourth-order valence-electron chi connectivity index (χ4n) is 4.47. The molecule has 20 heteroatoms. The summed E-state index contributed by atoms with van der Waals surface area (Å²) in [5.74, 6) is -4.60. The molecule has 0 saturated carbocycles. The molecule has 0 bridgehead atoms. The van der Waals surface area contributed by atoms with Gasteiger partial charge < -0.3 is 62.3 Å². The number of aliphatic carboxylic acids is 1. The monoisotopic (exact) mass is 817 g/mol. The first-order valence-corrected chi connectivity index (χ1v) is 18.3. The fraction of sp³-hybridized carbons (Fsp3) is 0.474. The molecule has 1 fully saturated rings. The lowest BCUT2D eigenvalue weighted by Gasteiger charge is -2.20. The molecular formula is C38H57N8O12+. The number of quaternary nitrogens is 1. The number of nitrogens with one attached hydrogen (secondary N) is 7. The maximum Gasteiger partial charge on any atom is 0.322 e. The van der Waals surface area contributed by atoms with E-state index in [-0.39, 0.29) is 45.1 Å². The second-order valence-corrected chi connectivity index (χ2v) is 12.7. The predicted molar refractivity (Wildman–Crippen MR) is 209 cm³/mol. The number of carboxylic acids is 1. The van der Waals surface area contributed by atoms with E-state index in [9.17, 15) is 38.4 Å². The zero-order chi connectivity index (χ0) is 43.3. The number of amides is 7. The summed E-state index contributed by atoms with van der Waals surface area (Å²) in [5, 5.41) is 25.0. The van der Waals surface area contributed by atoms with Gasteiger partial charge in [-0.05, 0) is 25.0 Å². The zero-order valence-corrected chi connectivity index (χ0v) is 33.4. The summed E-state index contributed by atoms with van der Waals surface area (Å²) in [6.07, 6.45) is 0.735. The molecule has 2 unspecified atom stereocenters. The second-order valence-electron chi connectivity index (χ2n) is 12.7. The molecule has 1 saturated heterocycles. The molecule has 20 nitrogen and oxygen atoms in total. The van der Waals surface area contributed by atoms with Gasteiger partial charge in [-0.2, -0.15) is 0 Å². The maximum atomic E-state index is 12.3. The van der Waals surface area contributed by atoms with Crippen molar-refractivity contribution in [2.24, 2.45) is 0 Å². The zero-order valence-electron chi connectivity index (χ0n) is 33.4. The van der Waals surface area contributed by atoms with Gasteiger partial charge in [-0.15, -0.1) is 0 Å². The van der Waals surface area contributed by atoms with E-state index in [0.29, 0.717) is 32.8 Å². The number of methoxy groups -OCH3 is 2. The number of rotatable bonds is 17. The average Bonchev–Trinajstić information content (AvgIpc) is 3.20. The first-order valence-electron chi connectivity index (χ1n) is 18.3. The van der Waals surface area contributed by atoms with Crippen LogP contribution in [0.5, 0.6) is 0 Å². The molecule has 0 aromatic heterocycles. The molecule has 1 aliphatic rings. The maximum absolute atomic E-state index is 12.3. The van der Waals surface area contributed by atoms with E-state index in [1.807, 2.05) is 62.4 Å². The van der Waals surface area contributed by atoms with Crippen LogP contribution in [0, 0.1) is 13.8 Å². The summed E-state index contributed by atoms with van der Waals surface area (Å²) in [7, 11) is 3.30. The normalized spacial score (nSPS) is 14.7. The number of hydrogen-bond acceptors (Lipinski definition) is 11. The van der Waals surface area contributed by atoms with Crippen molar-refractivity contribution >= 4 is 47.3 Å². The number of aryl methyl sites for hydroxylation is 2. The Morgan fingerprint density at radius 3 is 1.67 bits per heavy atom. The van der Waals surface area contributed by atoms with Crippen molar-refractivity contribution < 1.29 is 63.4 Å². The van der Waals surface area contributed by atoms with Crippen molar-refractivity contribution in [3.05, 3.63) is 70.8 Å². The fourth-order valence-corrected chi connectivity index (χ4v) is 4.47. The van der Waals surface area contributed by atoms with Crippen molar-refractivity contribution in [3.8, 4) is 0 Å². The Kier molecular flexibility index (Phi) is 25.3. The van der Waals surface area contributed by atoms with Gasteiger partial charge in [-0.25, -0.2) is 0 Å². The summed E-state index contributed by atoms with van der Waals surface area (Å²) in [6.45, 7) is 4.62. The van der Waals surface area contributed by atoms with Crippen molar-refractivity contribution in [1.29, 1.82) is 0 Å². The molecule has 3 rings (SSSR count). The van der Waals surface area contributed by atoms with E-state index in [4.69, 9.17) is 19.3 Å². The lowest BCUT2D eigenvalue weighted by molar-refractivity contribution is -0.403. The van der Waals surface area contributed by atoms with Gasteiger partial charge in [0.05, 0.1) is 59.2 Å². The quantitative estimate of drug-likeness (QED) is 0.0697. The molecule has 1 aliphatic heterocycles. The number of hydrogen-bond donors (Lipinski definition) is 9. The van der Waals surface area contributed by atoms with Crippen LogP contribution in [0.1, 0.15) is 22.3 Å². The molecule has 0 aliphatic carbocycles. The van der Waals surface area contributed by atoms with Crippen LogP contribution in [-0.4, -0.2) is 144 Å². The van der Waals surface area contributed by atoms with Gasteiger partial charge >= 0.3 is 5.97 Å². The minimum Gasteiger partial charge on any atom is -0.480 e. The third-order valence-corrected chi connectivity index (χ3v) is 7.67. The number of carbonyl (C=O) groups is 8. The van der Waals surface area contributed by atoms with E-state index in [0.717, 1.165) is 22.3 Å². The highest BCUT2D eigenvalue weighted by Gasteiger charge is 2.23. The lowest BCUT2D eigenvalue weighted by atomic mass is 10.0. The van der Waals surface area contributed by atoms with Crippen molar-refractivity contribution in [3.63, 3.8) is 0 Å². The lowest BCUT2D eigenvalue weighted by Crippen LogP contribution is -2.68. The van der Waals surface area contributed by atoms with Gasteiger partial charge in [-0.1, -0.05) is 59.7 Å². The van der Waals surface area contributed by atoms with Crippen LogP contribution in [-0.2, 0) is 65.4 Å². The van der Waals surface area contributed by atoms with Gasteiger partial charge in [0.15, 0.2) is 6.04 Å². The topological polar surface area (TPSA) is 296 Å². The summed E-state index contributed by atoms with van der Waals surface area (Å²) in [6, 6.07) is 13.9. The number of carbonyl (C=O) groups excluding carboxylic acids is 7. The van der Waals surface area contributed by atoms with E-state index in [2.05, 4.69) is 43.0 Å². The van der Waals surface area contributed by atoms with E-state index >= 15 is 0 Å².